The standard InChI is InChI=1S/C28H32N4O/c33-28(32-15-11-23(12-16-32)19-22-7-3-1-4-8-22)25-13-17-31(18-14-25)27-20-26(29-21-30-27)24-9-5-2-6-10-24/h1-10,20-21,23,25H,11-19H2. The molecule has 1 amide bonds. The zero-order valence-electron chi connectivity index (χ0n) is 19.1. The number of hydrogen-bond acceptors (Lipinski definition) is 4. The van der Waals surface area contributed by atoms with Crippen LogP contribution in [0.1, 0.15) is 31.2 Å². The molecule has 3 aromatic rings. The Morgan fingerprint density at radius 3 is 2.18 bits per heavy atom. The second-order valence-corrected chi connectivity index (χ2v) is 9.35. The lowest BCUT2D eigenvalue weighted by Crippen LogP contribution is -2.45. The second kappa shape index (κ2) is 10.2. The van der Waals surface area contributed by atoms with Crippen molar-refractivity contribution in [2.24, 2.45) is 11.8 Å². The first kappa shape index (κ1) is 21.6. The number of aromatic nitrogens is 2. The smallest absolute Gasteiger partial charge is 0.225 e. The summed E-state index contributed by atoms with van der Waals surface area (Å²) in [5, 5.41) is 0. The molecule has 5 nitrogen and oxygen atoms in total. The second-order valence-electron chi connectivity index (χ2n) is 9.35. The Balaban J connectivity index is 1.12. The minimum atomic E-state index is 0.141. The van der Waals surface area contributed by atoms with Crippen molar-refractivity contribution in [2.75, 3.05) is 31.1 Å². The third-order valence-corrected chi connectivity index (χ3v) is 7.18. The molecule has 0 spiro atoms. The molecule has 2 aliphatic heterocycles. The fourth-order valence-corrected chi connectivity index (χ4v) is 5.21. The van der Waals surface area contributed by atoms with E-state index in [4.69, 9.17) is 0 Å². The molecule has 170 valence electrons. The number of benzene rings is 2. The molecule has 0 atom stereocenters. The Morgan fingerprint density at radius 1 is 0.818 bits per heavy atom. The van der Waals surface area contributed by atoms with E-state index in [1.165, 1.54) is 5.56 Å². The van der Waals surface area contributed by atoms with Crippen LogP contribution in [0.3, 0.4) is 0 Å². The molecule has 5 heteroatoms. The van der Waals surface area contributed by atoms with Crippen LogP contribution >= 0.6 is 0 Å². The van der Waals surface area contributed by atoms with Gasteiger partial charge in [0.15, 0.2) is 0 Å². The van der Waals surface area contributed by atoms with Gasteiger partial charge >= 0.3 is 0 Å². The van der Waals surface area contributed by atoms with Gasteiger partial charge < -0.3 is 9.80 Å². The fraction of sp³-hybridized carbons (Fsp3) is 0.393. The lowest BCUT2D eigenvalue weighted by molar-refractivity contribution is -0.137. The van der Waals surface area contributed by atoms with Crippen LogP contribution in [0.2, 0.25) is 0 Å². The number of carbonyl (C=O) groups excluding carboxylic acids is 1. The summed E-state index contributed by atoms with van der Waals surface area (Å²) in [6, 6.07) is 23.0. The molecule has 0 saturated carbocycles. The summed E-state index contributed by atoms with van der Waals surface area (Å²) in [5.74, 6) is 2.15. The minimum Gasteiger partial charge on any atom is -0.356 e. The summed E-state index contributed by atoms with van der Waals surface area (Å²) in [7, 11) is 0. The third-order valence-electron chi connectivity index (χ3n) is 7.18. The van der Waals surface area contributed by atoms with Crippen molar-refractivity contribution in [3.8, 4) is 11.3 Å². The average Bonchev–Trinajstić information content (AvgIpc) is 2.90. The van der Waals surface area contributed by atoms with Gasteiger partial charge in [-0.3, -0.25) is 4.79 Å². The van der Waals surface area contributed by atoms with Crippen molar-refractivity contribution < 1.29 is 4.79 Å². The van der Waals surface area contributed by atoms with E-state index in [1.807, 2.05) is 18.2 Å². The normalized spacial score (nSPS) is 17.8. The van der Waals surface area contributed by atoms with E-state index in [2.05, 4.69) is 68.3 Å². The maximum atomic E-state index is 13.2. The molecular formula is C28H32N4O. The first-order valence-electron chi connectivity index (χ1n) is 12.2. The van der Waals surface area contributed by atoms with E-state index in [0.717, 1.165) is 75.4 Å². The Morgan fingerprint density at radius 2 is 1.48 bits per heavy atom. The van der Waals surface area contributed by atoms with Gasteiger partial charge in [-0.2, -0.15) is 0 Å². The zero-order valence-corrected chi connectivity index (χ0v) is 19.1. The molecule has 2 aromatic carbocycles. The van der Waals surface area contributed by atoms with Crippen LogP contribution in [0, 0.1) is 11.8 Å². The van der Waals surface area contributed by atoms with Crippen LogP contribution in [0.15, 0.2) is 73.1 Å². The highest BCUT2D eigenvalue weighted by atomic mass is 16.2. The lowest BCUT2D eigenvalue weighted by atomic mass is 9.88. The topological polar surface area (TPSA) is 49.3 Å². The van der Waals surface area contributed by atoms with Gasteiger partial charge in [0, 0.05) is 43.7 Å². The van der Waals surface area contributed by atoms with Gasteiger partial charge in [-0.1, -0.05) is 60.7 Å². The van der Waals surface area contributed by atoms with Gasteiger partial charge in [0.1, 0.15) is 12.1 Å². The number of piperidine rings is 2. The first-order valence-corrected chi connectivity index (χ1v) is 12.2. The van der Waals surface area contributed by atoms with Crippen LogP contribution in [-0.4, -0.2) is 47.0 Å². The molecule has 2 fully saturated rings. The molecule has 3 heterocycles. The van der Waals surface area contributed by atoms with E-state index in [1.54, 1.807) is 6.33 Å². The van der Waals surface area contributed by atoms with Crippen LogP contribution < -0.4 is 4.90 Å². The van der Waals surface area contributed by atoms with Gasteiger partial charge in [0.25, 0.3) is 0 Å². The van der Waals surface area contributed by atoms with Crippen molar-refractivity contribution in [2.45, 2.75) is 32.1 Å². The SMILES string of the molecule is O=C(C1CCN(c2cc(-c3ccccc3)ncn2)CC1)N1CCC(Cc2ccccc2)CC1. The van der Waals surface area contributed by atoms with E-state index >= 15 is 0 Å². The number of rotatable bonds is 5. The van der Waals surface area contributed by atoms with Gasteiger partial charge in [-0.05, 0) is 43.6 Å². The molecule has 5 rings (SSSR count). The summed E-state index contributed by atoms with van der Waals surface area (Å²) in [4.78, 5) is 26.6. The number of likely N-dealkylation sites (tertiary alicyclic amines) is 1. The third kappa shape index (κ3) is 5.24. The van der Waals surface area contributed by atoms with Gasteiger partial charge in [-0.15, -0.1) is 0 Å². The summed E-state index contributed by atoms with van der Waals surface area (Å²) in [6.45, 7) is 3.55. The fourth-order valence-electron chi connectivity index (χ4n) is 5.21. The maximum Gasteiger partial charge on any atom is 0.225 e. The molecule has 2 saturated heterocycles. The van der Waals surface area contributed by atoms with Crippen LogP contribution in [0.5, 0.6) is 0 Å². The van der Waals surface area contributed by atoms with Crippen molar-refractivity contribution in [1.29, 1.82) is 0 Å². The van der Waals surface area contributed by atoms with Crippen molar-refractivity contribution in [3.63, 3.8) is 0 Å². The van der Waals surface area contributed by atoms with E-state index in [-0.39, 0.29) is 5.92 Å². The summed E-state index contributed by atoms with van der Waals surface area (Å²) < 4.78 is 0. The van der Waals surface area contributed by atoms with Crippen molar-refractivity contribution >= 4 is 11.7 Å². The van der Waals surface area contributed by atoms with E-state index < -0.39 is 0 Å². The molecular weight excluding hydrogens is 408 g/mol. The minimum absolute atomic E-state index is 0.141. The summed E-state index contributed by atoms with van der Waals surface area (Å²) in [6.07, 6.45) is 6.80. The quantitative estimate of drug-likeness (QED) is 0.570. The van der Waals surface area contributed by atoms with E-state index in [0.29, 0.717) is 11.8 Å². The molecule has 0 radical (unpaired) electrons. The Bertz CT molecular complexity index is 1040. The molecule has 0 unspecified atom stereocenters. The molecule has 0 N–H and O–H groups in total. The zero-order chi connectivity index (χ0) is 22.5. The lowest BCUT2D eigenvalue weighted by Gasteiger charge is -2.37. The summed E-state index contributed by atoms with van der Waals surface area (Å²) in [5.41, 5.74) is 3.45. The molecule has 2 aliphatic rings. The summed E-state index contributed by atoms with van der Waals surface area (Å²) >= 11 is 0. The highest BCUT2D eigenvalue weighted by molar-refractivity contribution is 5.79. The Kier molecular flexibility index (Phi) is 6.66. The number of anilines is 1. The first-order chi connectivity index (χ1) is 16.3. The van der Waals surface area contributed by atoms with Gasteiger partial charge in [-0.25, -0.2) is 9.97 Å². The highest BCUT2D eigenvalue weighted by Gasteiger charge is 2.31. The van der Waals surface area contributed by atoms with Crippen LogP contribution in [0.4, 0.5) is 5.82 Å². The monoisotopic (exact) mass is 440 g/mol. The largest absolute Gasteiger partial charge is 0.356 e. The molecule has 1 aromatic heterocycles. The van der Waals surface area contributed by atoms with Crippen LogP contribution in [-0.2, 0) is 11.2 Å². The number of carbonyl (C=O) groups is 1. The predicted octanol–water partition coefficient (Wildman–Crippen LogP) is 4.84. The van der Waals surface area contributed by atoms with Crippen LogP contribution in [0.25, 0.3) is 11.3 Å². The number of amides is 1. The average molecular weight is 441 g/mol. The van der Waals surface area contributed by atoms with Crippen molar-refractivity contribution in [1.82, 2.24) is 14.9 Å². The van der Waals surface area contributed by atoms with Crippen molar-refractivity contribution in [3.05, 3.63) is 78.6 Å². The molecule has 0 bridgehead atoms. The number of hydrogen-bond donors (Lipinski definition) is 0. The Hall–Kier alpha value is -3.21. The molecule has 0 aliphatic carbocycles. The maximum absolute atomic E-state index is 13.2. The van der Waals surface area contributed by atoms with Gasteiger partial charge in [0.05, 0.1) is 5.69 Å². The highest BCUT2D eigenvalue weighted by Crippen LogP contribution is 2.28. The van der Waals surface area contributed by atoms with E-state index in [9.17, 15) is 4.79 Å². The van der Waals surface area contributed by atoms with Gasteiger partial charge in [0.2, 0.25) is 5.91 Å². The molecule has 33 heavy (non-hydrogen) atoms. The number of nitrogens with zero attached hydrogens (tertiary/aromatic N) is 4. The predicted molar refractivity (Wildman–Crippen MR) is 132 cm³/mol. The Labute approximate surface area is 196 Å².